The molecule has 0 aliphatic heterocycles. The molecular formula is C9H13N2. The van der Waals surface area contributed by atoms with Crippen molar-refractivity contribution >= 4 is 0 Å². The Kier molecular flexibility index (Phi) is 3.05. The summed E-state index contributed by atoms with van der Waals surface area (Å²) in [6, 6.07) is 4.02. The maximum Gasteiger partial charge on any atom is 0.0312 e. The monoisotopic (exact) mass is 149 g/mol. The van der Waals surface area contributed by atoms with Gasteiger partial charge in [0, 0.05) is 18.9 Å². The minimum Gasteiger partial charge on any atom is -0.302 e. The Balaban J connectivity index is 2.51. The molecule has 0 spiro atoms. The molecule has 0 aliphatic rings. The number of rotatable bonds is 3. The fraction of sp³-hybridized carbons (Fsp3) is 0.333. The van der Waals surface area contributed by atoms with Crippen molar-refractivity contribution < 1.29 is 0 Å². The first-order valence-electron chi connectivity index (χ1n) is 3.69. The highest BCUT2D eigenvalue weighted by Crippen LogP contribution is 1.98. The molecule has 1 radical (unpaired) electrons. The predicted molar refractivity (Wildman–Crippen MR) is 45.9 cm³/mol. The van der Waals surface area contributed by atoms with E-state index < -0.39 is 0 Å². The fourth-order valence-electron chi connectivity index (χ4n) is 0.882. The standard InChI is InChI=1S/C9H13N2/c1-3-11(2)8-9-5-4-6-10-7-9/h4-7H,1,3,8H2,2H3. The van der Waals surface area contributed by atoms with Crippen LogP contribution in [0.25, 0.3) is 0 Å². The van der Waals surface area contributed by atoms with Gasteiger partial charge in [0.1, 0.15) is 0 Å². The van der Waals surface area contributed by atoms with E-state index in [0.717, 1.165) is 13.1 Å². The molecule has 2 heteroatoms. The zero-order valence-electron chi connectivity index (χ0n) is 6.83. The largest absolute Gasteiger partial charge is 0.302 e. The zero-order valence-corrected chi connectivity index (χ0v) is 6.83. The number of aromatic nitrogens is 1. The maximum atomic E-state index is 4.02. The Morgan fingerprint density at radius 3 is 3.00 bits per heavy atom. The molecule has 2 nitrogen and oxygen atoms in total. The van der Waals surface area contributed by atoms with Gasteiger partial charge in [-0.2, -0.15) is 0 Å². The van der Waals surface area contributed by atoms with E-state index in [2.05, 4.69) is 22.9 Å². The highest BCUT2D eigenvalue weighted by Gasteiger charge is 1.95. The first-order valence-corrected chi connectivity index (χ1v) is 3.69. The molecule has 0 saturated heterocycles. The second kappa shape index (κ2) is 4.09. The van der Waals surface area contributed by atoms with Gasteiger partial charge in [-0.3, -0.25) is 4.98 Å². The molecular weight excluding hydrogens is 136 g/mol. The van der Waals surface area contributed by atoms with Crippen molar-refractivity contribution in [3.8, 4) is 0 Å². The van der Waals surface area contributed by atoms with Gasteiger partial charge in [0.25, 0.3) is 0 Å². The third kappa shape index (κ3) is 2.68. The Morgan fingerprint density at radius 1 is 1.64 bits per heavy atom. The molecule has 0 N–H and O–H groups in total. The zero-order chi connectivity index (χ0) is 8.10. The summed E-state index contributed by atoms with van der Waals surface area (Å²) in [7, 11) is 2.04. The van der Waals surface area contributed by atoms with Gasteiger partial charge in [-0.15, -0.1) is 0 Å². The lowest BCUT2D eigenvalue weighted by Crippen LogP contribution is -2.16. The average Bonchev–Trinajstić information content (AvgIpc) is 2.06. The SMILES string of the molecule is [CH2]CN(C)Cc1cccnc1. The molecule has 1 aromatic rings. The van der Waals surface area contributed by atoms with Gasteiger partial charge < -0.3 is 4.90 Å². The molecule has 1 rings (SSSR count). The predicted octanol–water partition coefficient (Wildman–Crippen LogP) is 1.35. The molecule has 1 aromatic heterocycles. The van der Waals surface area contributed by atoms with E-state index in [9.17, 15) is 0 Å². The van der Waals surface area contributed by atoms with Crippen LogP contribution in [0.1, 0.15) is 5.56 Å². The summed E-state index contributed by atoms with van der Waals surface area (Å²) in [6.07, 6.45) is 3.67. The van der Waals surface area contributed by atoms with Crippen molar-refractivity contribution in [1.29, 1.82) is 0 Å². The Morgan fingerprint density at radius 2 is 2.45 bits per heavy atom. The molecule has 0 amide bonds. The van der Waals surface area contributed by atoms with Crippen LogP contribution in [0.4, 0.5) is 0 Å². The second-order valence-electron chi connectivity index (χ2n) is 2.60. The summed E-state index contributed by atoms with van der Waals surface area (Å²) in [6.45, 7) is 5.54. The van der Waals surface area contributed by atoms with E-state index in [1.54, 1.807) is 6.20 Å². The number of hydrogen-bond donors (Lipinski definition) is 0. The summed E-state index contributed by atoms with van der Waals surface area (Å²) in [4.78, 5) is 6.16. The lowest BCUT2D eigenvalue weighted by Gasteiger charge is -2.12. The Hall–Kier alpha value is -0.890. The van der Waals surface area contributed by atoms with Crippen LogP contribution in [-0.2, 0) is 6.54 Å². The third-order valence-corrected chi connectivity index (χ3v) is 1.56. The van der Waals surface area contributed by atoms with E-state index in [1.807, 2.05) is 19.3 Å². The molecule has 1 heterocycles. The van der Waals surface area contributed by atoms with Gasteiger partial charge in [0.15, 0.2) is 0 Å². The number of pyridine rings is 1. The van der Waals surface area contributed by atoms with Gasteiger partial charge in [-0.25, -0.2) is 0 Å². The molecule has 0 atom stereocenters. The van der Waals surface area contributed by atoms with Crippen LogP contribution in [0.3, 0.4) is 0 Å². The molecule has 59 valence electrons. The van der Waals surface area contributed by atoms with E-state index in [1.165, 1.54) is 5.56 Å². The minimum atomic E-state index is 0.828. The van der Waals surface area contributed by atoms with Crippen molar-refractivity contribution in [3.05, 3.63) is 37.0 Å². The molecule has 0 saturated carbocycles. The van der Waals surface area contributed by atoms with Crippen molar-refractivity contribution in [2.45, 2.75) is 6.54 Å². The molecule has 0 unspecified atom stereocenters. The van der Waals surface area contributed by atoms with Crippen molar-refractivity contribution in [1.82, 2.24) is 9.88 Å². The van der Waals surface area contributed by atoms with Crippen LogP contribution in [0.2, 0.25) is 0 Å². The minimum absolute atomic E-state index is 0.828. The molecule has 0 aliphatic carbocycles. The second-order valence-corrected chi connectivity index (χ2v) is 2.60. The lowest BCUT2D eigenvalue weighted by atomic mass is 10.3. The van der Waals surface area contributed by atoms with Crippen LogP contribution in [-0.4, -0.2) is 23.5 Å². The third-order valence-electron chi connectivity index (χ3n) is 1.56. The van der Waals surface area contributed by atoms with E-state index in [-0.39, 0.29) is 0 Å². The van der Waals surface area contributed by atoms with Crippen LogP contribution >= 0.6 is 0 Å². The highest BCUT2D eigenvalue weighted by molar-refractivity contribution is 5.07. The summed E-state index contributed by atoms with van der Waals surface area (Å²) >= 11 is 0. The van der Waals surface area contributed by atoms with Crippen LogP contribution in [0.15, 0.2) is 24.5 Å². The normalized spacial score (nSPS) is 10.5. The number of hydrogen-bond acceptors (Lipinski definition) is 2. The average molecular weight is 149 g/mol. The van der Waals surface area contributed by atoms with Gasteiger partial charge >= 0.3 is 0 Å². The first-order chi connectivity index (χ1) is 5.33. The van der Waals surface area contributed by atoms with E-state index >= 15 is 0 Å². The summed E-state index contributed by atoms with van der Waals surface area (Å²) in [5, 5.41) is 0. The summed E-state index contributed by atoms with van der Waals surface area (Å²) in [5.41, 5.74) is 1.23. The van der Waals surface area contributed by atoms with Crippen molar-refractivity contribution in [2.24, 2.45) is 0 Å². The summed E-state index contributed by atoms with van der Waals surface area (Å²) in [5.74, 6) is 0. The smallest absolute Gasteiger partial charge is 0.0312 e. The topological polar surface area (TPSA) is 16.1 Å². The van der Waals surface area contributed by atoms with Gasteiger partial charge in [-0.1, -0.05) is 6.07 Å². The van der Waals surface area contributed by atoms with Crippen LogP contribution in [0, 0.1) is 6.92 Å². The molecule has 0 bridgehead atoms. The van der Waals surface area contributed by atoms with Crippen molar-refractivity contribution in [3.63, 3.8) is 0 Å². The fourth-order valence-corrected chi connectivity index (χ4v) is 0.882. The molecule has 11 heavy (non-hydrogen) atoms. The van der Waals surface area contributed by atoms with Gasteiger partial charge in [0.2, 0.25) is 0 Å². The molecule has 0 fully saturated rings. The number of nitrogens with zero attached hydrogens (tertiary/aromatic N) is 2. The van der Waals surface area contributed by atoms with Crippen molar-refractivity contribution in [2.75, 3.05) is 13.6 Å². The maximum absolute atomic E-state index is 4.02. The highest BCUT2D eigenvalue weighted by atomic mass is 15.1. The summed E-state index contributed by atoms with van der Waals surface area (Å²) < 4.78 is 0. The lowest BCUT2D eigenvalue weighted by molar-refractivity contribution is 0.361. The van der Waals surface area contributed by atoms with E-state index in [0.29, 0.717) is 0 Å². The quantitative estimate of drug-likeness (QED) is 0.645. The van der Waals surface area contributed by atoms with Gasteiger partial charge in [0.05, 0.1) is 0 Å². The molecule has 0 aromatic carbocycles. The van der Waals surface area contributed by atoms with Gasteiger partial charge in [-0.05, 0) is 32.1 Å². The van der Waals surface area contributed by atoms with Crippen LogP contribution in [0.5, 0.6) is 0 Å². The first kappa shape index (κ1) is 8.21. The Bertz CT molecular complexity index is 196. The Labute approximate surface area is 67.9 Å². The van der Waals surface area contributed by atoms with E-state index in [4.69, 9.17) is 0 Å². The van der Waals surface area contributed by atoms with Crippen LogP contribution < -0.4 is 0 Å².